The van der Waals surface area contributed by atoms with E-state index >= 15 is 0 Å². The molecule has 2 aliphatic rings. The van der Waals surface area contributed by atoms with Crippen molar-refractivity contribution < 1.29 is 14.3 Å². The van der Waals surface area contributed by atoms with Crippen LogP contribution in [0.4, 0.5) is 5.69 Å². The lowest BCUT2D eigenvalue weighted by Gasteiger charge is -2.32. The van der Waals surface area contributed by atoms with E-state index in [0.29, 0.717) is 17.1 Å². The normalized spacial score (nSPS) is 21.2. The van der Waals surface area contributed by atoms with Crippen LogP contribution in [-0.4, -0.2) is 11.5 Å². The molecular formula is C21H19NO3. The first-order valence-electron chi connectivity index (χ1n) is 8.25. The van der Waals surface area contributed by atoms with Crippen LogP contribution in [-0.2, 0) is 9.53 Å². The van der Waals surface area contributed by atoms with Gasteiger partial charge in [-0.2, -0.15) is 0 Å². The van der Waals surface area contributed by atoms with E-state index in [4.69, 9.17) is 9.47 Å². The second kappa shape index (κ2) is 5.52. The zero-order valence-electron chi connectivity index (χ0n) is 14.4. The van der Waals surface area contributed by atoms with Gasteiger partial charge in [-0.05, 0) is 44.0 Å². The summed E-state index contributed by atoms with van der Waals surface area (Å²) < 4.78 is 11.8. The molecule has 0 saturated carbocycles. The number of nitrogens with one attached hydrogen (secondary N) is 1. The Morgan fingerprint density at radius 3 is 2.52 bits per heavy atom. The average Bonchev–Trinajstić information content (AvgIpc) is 2.90. The molecule has 1 atom stereocenters. The monoisotopic (exact) mass is 333 g/mol. The van der Waals surface area contributed by atoms with Crippen LogP contribution in [0.3, 0.4) is 0 Å². The average molecular weight is 333 g/mol. The summed E-state index contributed by atoms with van der Waals surface area (Å²) in [4.78, 5) is 12.2. The summed E-state index contributed by atoms with van der Waals surface area (Å²) in [5, 5.41) is 3.39. The smallest absolute Gasteiger partial charge is 0.237 e. The third kappa shape index (κ3) is 2.50. The van der Waals surface area contributed by atoms with E-state index < -0.39 is 5.72 Å². The van der Waals surface area contributed by atoms with Crippen LogP contribution in [0.15, 0.2) is 71.7 Å². The van der Waals surface area contributed by atoms with Gasteiger partial charge in [-0.25, -0.2) is 0 Å². The predicted octanol–water partition coefficient (Wildman–Crippen LogP) is 4.65. The fourth-order valence-electron chi connectivity index (χ4n) is 3.56. The highest BCUT2D eigenvalue weighted by atomic mass is 16.5. The van der Waals surface area contributed by atoms with Gasteiger partial charge in [0.25, 0.3) is 0 Å². The van der Waals surface area contributed by atoms with E-state index in [-0.39, 0.29) is 5.78 Å². The maximum Gasteiger partial charge on any atom is 0.237 e. The first-order valence-corrected chi connectivity index (χ1v) is 8.25. The van der Waals surface area contributed by atoms with Crippen molar-refractivity contribution in [1.82, 2.24) is 0 Å². The lowest BCUT2D eigenvalue weighted by molar-refractivity contribution is -0.115. The Balaban J connectivity index is 1.78. The number of benzene rings is 2. The quantitative estimate of drug-likeness (QED) is 0.869. The maximum absolute atomic E-state index is 12.2. The molecule has 4 rings (SSSR count). The highest BCUT2D eigenvalue weighted by Gasteiger charge is 2.46. The lowest BCUT2D eigenvalue weighted by Crippen LogP contribution is -2.45. The highest BCUT2D eigenvalue weighted by molar-refractivity contribution is 5.98. The van der Waals surface area contributed by atoms with Gasteiger partial charge >= 0.3 is 0 Å². The number of anilines is 1. The first kappa shape index (κ1) is 15.5. The van der Waals surface area contributed by atoms with E-state index in [9.17, 15) is 4.79 Å². The fourth-order valence-corrected chi connectivity index (χ4v) is 3.56. The molecule has 4 nitrogen and oxygen atoms in total. The number of fused-ring (bicyclic) bond motifs is 1. The summed E-state index contributed by atoms with van der Waals surface area (Å²) in [6.07, 6.45) is 1.82. The van der Waals surface area contributed by atoms with Gasteiger partial charge in [0.2, 0.25) is 5.72 Å². The van der Waals surface area contributed by atoms with Crippen LogP contribution in [0.2, 0.25) is 0 Å². The van der Waals surface area contributed by atoms with Gasteiger partial charge in [0.1, 0.15) is 22.8 Å². The molecule has 0 fully saturated rings. The van der Waals surface area contributed by atoms with Crippen molar-refractivity contribution >= 4 is 11.5 Å². The van der Waals surface area contributed by atoms with E-state index in [1.807, 2.05) is 49.4 Å². The lowest BCUT2D eigenvalue weighted by atomic mass is 9.95. The molecule has 4 heteroatoms. The molecule has 25 heavy (non-hydrogen) atoms. The van der Waals surface area contributed by atoms with E-state index in [1.54, 1.807) is 6.92 Å². The number of rotatable bonds is 2. The van der Waals surface area contributed by atoms with Crippen LogP contribution in [0.1, 0.15) is 20.8 Å². The van der Waals surface area contributed by atoms with Crippen LogP contribution < -0.4 is 10.1 Å². The number of Topliss-reactive ketones (excluding diaryl/α,β-unsaturated/α-hetero) is 1. The molecular weight excluding hydrogens is 314 g/mol. The van der Waals surface area contributed by atoms with Crippen LogP contribution in [0.25, 0.3) is 11.1 Å². The summed E-state index contributed by atoms with van der Waals surface area (Å²) in [6, 6.07) is 16.2. The van der Waals surface area contributed by atoms with E-state index in [2.05, 4.69) is 17.4 Å². The predicted molar refractivity (Wildman–Crippen MR) is 97.1 cm³/mol. The molecule has 126 valence electrons. The van der Waals surface area contributed by atoms with Gasteiger partial charge in [-0.1, -0.05) is 36.4 Å². The second-order valence-electron chi connectivity index (χ2n) is 6.38. The number of ketones is 1. The number of carbonyl (C=O) groups is 1. The molecule has 0 amide bonds. The molecule has 0 bridgehead atoms. The SMILES string of the molecule is CC(=O)C1=C(C)OC(C)=C[C@@]12Nc1cc(-c3ccccc3)ccc1O2. The Bertz CT molecular complexity index is 927. The molecule has 1 N–H and O–H groups in total. The summed E-state index contributed by atoms with van der Waals surface area (Å²) in [5.41, 5.74) is 2.57. The van der Waals surface area contributed by atoms with Gasteiger partial charge in [0.05, 0.1) is 5.69 Å². The Kier molecular flexibility index (Phi) is 3.42. The highest BCUT2D eigenvalue weighted by Crippen LogP contribution is 2.45. The maximum atomic E-state index is 12.2. The molecule has 0 radical (unpaired) electrons. The second-order valence-corrected chi connectivity index (χ2v) is 6.38. The number of carbonyl (C=O) groups excluding carboxylic acids is 1. The number of hydrogen-bond donors (Lipinski definition) is 1. The largest absolute Gasteiger partial charge is 0.466 e. The topological polar surface area (TPSA) is 47.6 Å². The van der Waals surface area contributed by atoms with Crippen molar-refractivity contribution in [3.63, 3.8) is 0 Å². The summed E-state index contributed by atoms with van der Waals surface area (Å²) in [7, 11) is 0. The van der Waals surface area contributed by atoms with Crippen molar-refractivity contribution in [2.75, 3.05) is 5.32 Å². The van der Waals surface area contributed by atoms with Crippen molar-refractivity contribution in [3.05, 3.63) is 71.7 Å². The Hall–Kier alpha value is -3.01. The minimum absolute atomic E-state index is 0.0789. The molecule has 0 aliphatic carbocycles. The van der Waals surface area contributed by atoms with Gasteiger partial charge in [-0.15, -0.1) is 0 Å². The molecule has 0 aromatic heterocycles. The first-order chi connectivity index (χ1) is 12.0. The number of allylic oxidation sites excluding steroid dienone is 2. The van der Waals surface area contributed by atoms with Gasteiger partial charge in [-0.3, -0.25) is 4.79 Å². The van der Waals surface area contributed by atoms with E-state index in [0.717, 1.165) is 22.6 Å². The summed E-state index contributed by atoms with van der Waals surface area (Å²) >= 11 is 0. The third-order valence-corrected chi connectivity index (χ3v) is 4.47. The molecule has 2 aromatic rings. The van der Waals surface area contributed by atoms with Crippen LogP contribution in [0, 0.1) is 0 Å². The van der Waals surface area contributed by atoms with Crippen LogP contribution in [0.5, 0.6) is 5.75 Å². The third-order valence-electron chi connectivity index (χ3n) is 4.47. The molecule has 0 unspecified atom stereocenters. The molecule has 2 heterocycles. The molecule has 1 spiro atoms. The van der Waals surface area contributed by atoms with Gasteiger partial charge in [0.15, 0.2) is 5.78 Å². The van der Waals surface area contributed by atoms with Crippen molar-refractivity contribution in [1.29, 1.82) is 0 Å². The molecule has 0 saturated heterocycles. The minimum Gasteiger partial charge on any atom is -0.466 e. The van der Waals surface area contributed by atoms with Gasteiger partial charge in [0, 0.05) is 6.08 Å². The Morgan fingerprint density at radius 2 is 1.80 bits per heavy atom. The van der Waals surface area contributed by atoms with Crippen LogP contribution >= 0.6 is 0 Å². The Morgan fingerprint density at radius 1 is 1.04 bits per heavy atom. The number of ether oxygens (including phenoxy) is 2. The van der Waals surface area contributed by atoms with Crippen molar-refractivity contribution in [2.45, 2.75) is 26.5 Å². The molecule has 2 aliphatic heterocycles. The zero-order valence-corrected chi connectivity index (χ0v) is 14.4. The zero-order chi connectivity index (χ0) is 17.6. The van der Waals surface area contributed by atoms with Crippen molar-refractivity contribution in [2.24, 2.45) is 0 Å². The van der Waals surface area contributed by atoms with Gasteiger partial charge < -0.3 is 14.8 Å². The fraction of sp³-hybridized carbons (Fsp3) is 0.190. The molecule has 2 aromatic carbocycles. The Labute approximate surface area is 146 Å². The van der Waals surface area contributed by atoms with Crippen molar-refractivity contribution in [3.8, 4) is 16.9 Å². The number of hydrogen-bond acceptors (Lipinski definition) is 4. The summed E-state index contributed by atoms with van der Waals surface area (Å²) in [5.74, 6) is 1.91. The summed E-state index contributed by atoms with van der Waals surface area (Å²) in [6.45, 7) is 5.17. The van der Waals surface area contributed by atoms with E-state index in [1.165, 1.54) is 6.92 Å². The minimum atomic E-state index is -1.00. The standard InChI is InChI=1S/C21H19NO3/c1-13-12-21(20(14(2)23)15(3)24-13)22-18-11-17(9-10-19(18)25-21)16-7-5-4-6-8-16/h4-12,22H,1-3H3/t21-/m0/s1.